The van der Waals surface area contributed by atoms with Crippen molar-refractivity contribution in [3.63, 3.8) is 0 Å². The maximum atomic E-state index is 11.0. The van der Waals surface area contributed by atoms with Crippen LogP contribution in [0.5, 0.6) is 0 Å². The molecule has 1 N–H and O–H groups in total. The lowest BCUT2D eigenvalue weighted by atomic mass is 9.99. The highest BCUT2D eigenvalue weighted by atomic mass is 16.4. The Morgan fingerprint density at radius 3 is 2.43 bits per heavy atom. The number of hydrogen-bond donors (Lipinski definition) is 1. The molecule has 0 aliphatic carbocycles. The van der Waals surface area contributed by atoms with Crippen molar-refractivity contribution in [3.05, 3.63) is 28.8 Å². The average molecular weight is 288 g/mol. The van der Waals surface area contributed by atoms with E-state index in [0.717, 1.165) is 16.7 Å². The zero-order valence-corrected chi connectivity index (χ0v) is 12.8. The second kappa shape index (κ2) is 6.03. The lowest BCUT2D eigenvalue weighted by molar-refractivity contribution is -0.138. The Labute approximate surface area is 123 Å². The minimum atomic E-state index is -0.847. The molecule has 0 spiro atoms. The maximum Gasteiger partial charge on any atom is 0.305 e. The standard InChI is InChI=1S/C15H20N4O2/c1-5-12(8-13(20)21)19-15(16-17-18-19)14-10(3)6-9(2)7-11(14)4/h6-7,12H,5,8H2,1-4H3,(H,20,21). The first-order chi connectivity index (χ1) is 9.93. The zero-order chi connectivity index (χ0) is 15.6. The molecule has 1 atom stereocenters. The Bertz CT molecular complexity index is 640. The summed E-state index contributed by atoms with van der Waals surface area (Å²) in [5, 5.41) is 20.9. The van der Waals surface area contributed by atoms with Gasteiger partial charge in [0.25, 0.3) is 0 Å². The number of carboxylic acid groups (broad SMARTS) is 1. The summed E-state index contributed by atoms with van der Waals surface area (Å²) in [6.07, 6.45) is 0.673. The van der Waals surface area contributed by atoms with Crippen LogP contribution in [0.2, 0.25) is 0 Å². The highest BCUT2D eigenvalue weighted by molar-refractivity contribution is 5.68. The molecule has 0 aliphatic heterocycles. The highest BCUT2D eigenvalue weighted by Gasteiger charge is 2.21. The Morgan fingerprint density at radius 2 is 1.90 bits per heavy atom. The van der Waals surface area contributed by atoms with Gasteiger partial charge in [0.15, 0.2) is 5.82 Å². The van der Waals surface area contributed by atoms with Crippen molar-refractivity contribution >= 4 is 5.97 Å². The van der Waals surface area contributed by atoms with Gasteiger partial charge in [0.2, 0.25) is 0 Å². The monoisotopic (exact) mass is 288 g/mol. The van der Waals surface area contributed by atoms with Gasteiger partial charge < -0.3 is 5.11 Å². The van der Waals surface area contributed by atoms with Gasteiger partial charge in [-0.2, -0.15) is 0 Å². The Morgan fingerprint density at radius 1 is 1.29 bits per heavy atom. The molecule has 1 unspecified atom stereocenters. The van der Waals surface area contributed by atoms with Gasteiger partial charge in [-0.15, -0.1) is 5.10 Å². The van der Waals surface area contributed by atoms with E-state index in [9.17, 15) is 4.79 Å². The van der Waals surface area contributed by atoms with Gasteiger partial charge >= 0.3 is 5.97 Å². The first-order valence-electron chi connectivity index (χ1n) is 7.02. The van der Waals surface area contributed by atoms with Crippen LogP contribution in [0, 0.1) is 20.8 Å². The first-order valence-corrected chi connectivity index (χ1v) is 7.02. The lowest BCUT2D eigenvalue weighted by Crippen LogP contribution is -2.16. The molecule has 1 aromatic carbocycles. The third kappa shape index (κ3) is 3.09. The normalized spacial score (nSPS) is 12.4. The summed E-state index contributed by atoms with van der Waals surface area (Å²) < 4.78 is 1.64. The van der Waals surface area contributed by atoms with Crippen LogP contribution in [0.4, 0.5) is 0 Å². The largest absolute Gasteiger partial charge is 0.481 e. The third-order valence-electron chi connectivity index (χ3n) is 3.62. The molecule has 1 heterocycles. The molecule has 0 amide bonds. The highest BCUT2D eigenvalue weighted by Crippen LogP contribution is 2.29. The van der Waals surface area contributed by atoms with E-state index in [2.05, 4.69) is 27.7 Å². The number of carboxylic acids is 1. The first kappa shape index (κ1) is 15.2. The van der Waals surface area contributed by atoms with Gasteiger partial charge in [0.1, 0.15) is 0 Å². The van der Waals surface area contributed by atoms with Crippen LogP contribution in [0.1, 0.15) is 42.5 Å². The fourth-order valence-electron chi connectivity index (χ4n) is 2.74. The fraction of sp³-hybridized carbons (Fsp3) is 0.467. The van der Waals surface area contributed by atoms with E-state index >= 15 is 0 Å². The Balaban J connectivity index is 2.52. The maximum absolute atomic E-state index is 11.0. The SMILES string of the molecule is CCC(CC(=O)O)n1nnnc1-c1c(C)cc(C)cc1C. The number of aryl methyl sites for hydroxylation is 3. The van der Waals surface area contributed by atoms with E-state index in [-0.39, 0.29) is 12.5 Å². The van der Waals surface area contributed by atoms with Gasteiger partial charge in [-0.05, 0) is 48.7 Å². The molecule has 1 aromatic heterocycles. The Kier molecular flexibility index (Phi) is 4.35. The molecule has 2 aromatic rings. The number of carbonyl (C=O) groups is 1. The molecule has 0 aliphatic rings. The topological polar surface area (TPSA) is 80.9 Å². The number of benzene rings is 1. The van der Waals surface area contributed by atoms with E-state index in [0.29, 0.717) is 12.2 Å². The van der Waals surface area contributed by atoms with Crippen molar-refractivity contribution in [2.75, 3.05) is 0 Å². The van der Waals surface area contributed by atoms with Crippen LogP contribution < -0.4 is 0 Å². The number of tetrazole rings is 1. The molecular formula is C15H20N4O2. The van der Waals surface area contributed by atoms with Crippen molar-refractivity contribution in [1.82, 2.24) is 20.2 Å². The molecule has 0 bridgehead atoms. The van der Waals surface area contributed by atoms with Crippen molar-refractivity contribution in [1.29, 1.82) is 0 Å². The summed E-state index contributed by atoms with van der Waals surface area (Å²) in [5.41, 5.74) is 4.35. The second-order valence-electron chi connectivity index (χ2n) is 5.38. The molecule has 21 heavy (non-hydrogen) atoms. The number of aliphatic carboxylic acids is 1. The summed E-state index contributed by atoms with van der Waals surface area (Å²) in [4.78, 5) is 11.0. The summed E-state index contributed by atoms with van der Waals surface area (Å²) in [7, 11) is 0. The number of hydrogen-bond acceptors (Lipinski definition) is 4. The quantitative estimate of drug-likeness (QED) is 0.914. The second-order valence-corrected chi connectivity index (χ2v) is 5.38. The summed E-state index contributed by atoms with van der Waals surface area (Å²) in [5.74, 6) is -0.209. The molecule has 2 rings (SSSR count). The van der Waals surface area contributed by atoms with Crippen LogP contribution in [0.25, 0.3) is 11.4 Å². The summed E-state index contributed by atoms with van der Waals surface area (Å²) >= 11 is 0. The van der Waals surface area contributed by atoms with Gasteiger partial charge in [-0.1, -0.05) is 24.6 Å². The fourth-order valence-corrected chi connectivity index (χ4v) is 2.74. The molecular weight excluding hydrogens is 268 g/mol. The molecule has 6 heteroatoms. The molecule has 0 fully saturated rings. The van der Waals surface area contributed by atoms with E-state index in [1.165, 1.54) is 5.56 Å². The van der Waals surface area contributed by atoms with Gasteiger partial charge in [0, 0.05) is 5.56 Å². The third-order valence-corrected chi connectivity index (χ3v) is 3.62. The number of rotatable bonds is 5. The minimum absolute atomic E-state index is 0.0124. The Hall–Kier alpha value is -2.24. The predicted molar refractivity (Wildman–Crippen MR) is 79.0 cm³/mol. The molecule has 112 valence electrons. The zero-order valence-electron chi connectivity index (χ0n) is 12.8. The van der Waals surface area contributed by atoms with Crippen LogP contribution >= 0.6 is 0 Å². The molecule has 6 nitrogen and oxygen atoms in total. The summed E-state index contributed by atoms with van der Waals surface area (Å²) in [6.45, 7) is 8.03. The molecule has 0 radical (unpaired) electrons. The van der Waals surface area contributed by atoms with Crippen molar-refractivity contribution in [3.8, 4) is 11.4 Å². The summed E-state index contributed by atoms with van der Waals surface area (Å²) in [6, 6.07) is 3.92. The number of nitrogens with zero attached hydrogens (tertiary/aromatic N) is 4. The number of aromatic nitrogens is 4. The molecule has 0 saturated heterocycles. The van der Waals surface area contributed by atoms with Gasteiger partial charge in [0.05, 0.1) is 12.5 Å². The van der Waals surface area contributed by atoms with E-state index < -0.39 is 5.97 Å². The average Bonchev–Trinajstić information content (AvgIpc) is 2.83. The predicted octanol–water partition coefficient (Wildman–Crippen LogP) is 2.69. The molecule has 0 saturated carbocycles. The van der Waals surface area contributed by atoms with E-state index in [4.69, 9.17) is 5.11 Å². The van der Waals surface area contributed by atoms with Gasteiger partial charge in [-0.25, -0.2) is 4.68 Å². The minimum Gasteiger partial charge on any atom is -0.481 e. The van der Waals surface area contributed by atoms with E-state index in [1.807, 2.05) is 27.7 Å². The van der Waals surface area contributed by atoms with E-state index in [1.54, 1.807) is 4.68 Å². The van der Waals surface area contributed by atoms with Crippen LogP contribution in [0.15, 0.2) is 12.1 Å². The van der Waals surface area contributed by atoms with Crippen LogP contribution in [-0.4, -0.2) is 31.3 Å². The van der Waals surface area contributed by atoms with Crippen LogP contribution in [-0.2, 0) is 4.79 Å². The van der Waals surface area contributed by atoms with Crippen molar-refractivity contribution < 1.29 is 9.90 Å². The lowest BCUT2D eigenvalue weighted by Gasteiger charge is -2.16. The van der Waals surface area contributed by atoms with Gasteiger partial charge in [-0.3, -0.25) is 4.79 Å². The van der Waals surface area contributed by atoms with Crippen molar-refractivity contribution in [2.24, 2.45) is 0 Å². The smallest absolute Gasteiger partial charge is 0.305 e. The van der Waals surface area contributed by atoms with Crippen LogP contribution in [0.3, 0.4) is 0 Å². The van der Waals surface area contributed by atoms with Crippen molar-refractivity contribution in [2.45, 2.75) is 46.6 Å².